The van der Waals surface area contributed by atoms with Gasteiger partial charge in [-0.25, -0.2) is 4.39 Å². The first-order chi connectivity index (χ1) is 11.5. The Morgan fingerprint density at radius 1 is 1.12 bits per heavy atom. The van der Waals surface area contributed by atoms with Crippen molar-refractivity contribution in [1.82, 2.24) is 9.80 Å². The molecule has 0 radical (unpaired) electrons. The second-order valence-electron chi connectivity index (χ2n) is 6.98. The van der Waals surface area contributed by atoms with Crippen molar-refractivity contribution >= 4 is 30.7 Å². The first-order valence-corrected chi connectivity index (χ1v) is 8.72. The number of carbonyl (C=O) groups excluding carboxylic acids is 1. The Kier molecular flexibility index (Phi) is 9.27. The smallest absolute Gasteiger partial charge is 0.225 e. The number of rotatable bonds is 3. The fraction of sp³-hybridized carbons (Fsp3) is 0.611. The molecule has 0 unspecified atom stereocenters. The molecule has 2 fully saturated rings. The van der Waals surface area contributed by atoms with E-state index in [1.807, 2.05) is 17.0 Å². The fourth-order valence-electron chi connectivity index (χ4n) is 3.71. The van der Waals surface area contributed by atoms with Crippen LogP contribution in [0.4, 0.5) is 4.39 Å². The molecule has 0 aromatic heterocycles. The summed E-state index contributed by atoms with van der Waals surface area (Å²) in [6.07, 6.45) is 1.43. The van der Waals surface area contributed by atoms with Crippen LogP contribution in [0.2, 0.25) is 0 Å². The van der Waals surface area contributed by atoms with Crippen molar-refractivity contribution in [3.8, 4) is 0 Å². The van der Waals surface area contributed by atoms with E-state index in [1.165, 1.54) is 12.1 Å². The van der Waals surface area contributed by atoms with Gasteiger partial charge in [0.1, 0.15) is 5.82 Å². The van der Waals surface area contributed by atoms with Crippen LogP contribution in [0.5, 0.6) is 0 Å². The summed E-state index contributed by atoms with van der Waals surface area (Å²) in [5.74, 6) is -0.229. The molecule has 0 bridgehead atoms. The minimum atomic E-state index is -0.555. The summed E-state index contributed by atoms with van der Waals surface area (Å²) >= 11 is 0. The van der Waals surface area contributed by atoms with E-state index >= 15 is 0 Å². The third-order valence-corrected chi connectivity index (χ3v) is 5.15. The van der Waals surface area contributed by atoms with Gasteiger partial charge in [0, 0.05) is 44.7 Å². The largest absolute Gasteiger partial charge is 0.391 e. The number of nitrogens with two attached hydrogens (primary N) is 1. The van der Waals surface area contributed by atoms with E-state index in [2.05, 4.69) is 4.90 Å². The van der Waals surface area contributed by atoms with E-state index in [1.54, 1.807) is 0 Å². The molecule has 8 heteroatoms. The van der Waals surface area contributed by atoms with Gasteiger partial charge in [-0.1, -0.05) is 12.1 Å². The minimum absolute atomic E-state index is 0. The zero-order valence-corrected chi connectivity index (χ0v) is 16.4. The summed E-state index contributed by atoms with van der Waals surface area (Å²) in [6, 6.07) is 6.31. The zero-order chi connectivity index (χ0) is 17.1. The predicted molar refractivity (Wildman–Crippen MR) is 104 cm³/mol. The number of aliphatic hydroxyl groups is 1. The van der Waals surface area contributed by atoms with E-state index in [0.29, 0.717) is 19.4 Å². The monoisotopic (exact) mass is 407 g/mol. The van der Waals surface area contributed by atoms with E-state index in [9.17, 15) is 14.3 Å². The topological polar surface area (TPSA) is 69.8 Å². The molecular formula is C18H28Cl2FN3O2. The van der Waals surface area contributed by atoms with Crippen LogP contribution in [0, 0.1) is 11.7 Å². The predicted octanol–water partition coefficient (Wildman–Crippen LogP) is 1.80. The minimum Gasteiger partial charge on any atom is -0.391 e. The number of halogens is 3. The number of nitrogens with zero attached hydrogens (tertiary/aromatic N) is 2. The number of benzene rings is 1. The normalized spacial score (nSPS) is 26.6. The van der Waals surface area contributed by atoms with Crippen LogP contribution >= 0.6 is 24.8 Å². The van der Waals surface area contributed by atoms with Gasteiger partial charge in [-0.2, -0.15) is 0 Å². The average molecular weight is 408 g/mol. The van der Waals surface area contributed by atoms with Crippen LogP contribution in [-0.4, -0.2) is 59.1 Å². The Balaban J connectivity index is 0.00000169. The highest BCUT2D eigenvalue weighted by molar-refractivity contribution is 5.85. The summed E-state index contributed by atoms with van der Waals surface area (Å²) in [7, 11) is 0. The lowest BCUT2D eigenvalue weighted by molar-refractivity contribution is -0.135. The lowest BCUT2D eigenvalue weighted by Gasteiger charge is -2.24. The van der Waals surface area contributed by atoms with Gasteiger partial charge in [0.15, 0.2) is 0 Å². The van der Waals surface area contributed by atoms with Crippen molar-refractivity contribution in [1.29, 1.82) is 0 Å². The van der Waals surface area contributed by atoms with Crippen LogP contribution in [0.25, 0.3) is 0 Å². The maximum absolute atomic E-state index is 13.0. The molecular weight excluding hydrogens is 380 g/mol. The number of amides is 1. The van der Waals surface area contributed by atoms with Gasteiger partial charge in [0.25, 0.3) is 0 Å². The van der Waals surface area contributed by atoms with E-state index in [-0.39, 0.29) is 48.5 Å². The molecule has 1 saturated heterocycles. The van der Waals surface area contributed by atoms with Crippen molar-refractivity contribution in [3.05, 3.63) is 35.6 Å². The van der Waals surface area contributed by atoms with Gasteiger partial charge in [0.05, 0.1) is 6.10 Å². The third-order valence-electron chi connectivity index (χ3n) is 5.15. The summed E-state index contributed by atoms with van der Waals surface area (Å²) in [5.41, 5.74) is 6.91. The van der Waals surface area contributed by atoms with E-state index < -0.39 is 6.10 Å². The molecule has 3 N–H and O–H groups in total. The molecule has 26 heavy (non-hydrogen) atoms. The SMILES string of the molecule is Cl.Cl.N[C@@H]1C[C@H](C(=O)N2CCCN(Cc3ccc(F)cc3)CC2)C[C@H]1O. The molecule has 1 aromatic carbocycles. The van der Waals surface area contributed by atoms with E-state index in [0.717, 1.165) is 38.2 Å². The average Bonchev–Trinajstić information content (AvgIpc) is 2.77. The molecule has 1 saturated carbocycles. The molecule has 1 aromatic rings. The lowest BCUT2D eigenvalue weighted by Crippen LogP contribution is -2.38. The number of aliphatic hydroxyl groups excluding tert-OH is 1. The van der Waals surface area contributed by atoms with Gasteiger partial charge in [-0.05, 0) is 37.0 Å². The molecule has 1 aliphatic carbocycles. The van der Waals surface area contributed by atoms with Crippen molar-refractivity contribution in [2.45, 2.75) is 38.0 Å². The van der Waals surface area contributed by atoms with Crippen molar-refractivity contribution in [2.24, 2.45) is 11.7 Å². The number of hydrogen-bond donors (Lipinski definition) is 2. The maximum atomic E-state index is 13.0. The molecule has 1 heterocycles. The maximum Gasteiger partial charge on any atom is 0.225 e. The van der Waals surface area contributed by atoms with Crippen molar-refractivity contribution in [2.75, 3.05) is 26.2 Å². The number of hydrogen-bond acceptors (Lipinski definition) is 4. The van der Waals surface area contributed by atoms with Crippen molar-refractivity contribution in [3.63, 3.8) is 0 Å². The van der Waals surface area contributed by atoms with E-state index in [4.69, 9.17) is 5.73 Å². The van der Waals surface area contributed by atoms with Crippen LogP contribution in [0.1, 0.15) is 24.8 Å². The van der Waals surface area contributed by atoms with Crippen LogP contribution in [0.3, 0.4) is 0 Å². The molecule has 1 amide bonds. The zero-order valence-electron chi connectivity index (χ0n) is 14.7. The van der Waals surface area contributed by atoms with Crippen LogP contribution in [-0.2, 0) is 11.3 Å². The highest BCUT2D eigenvalue weighted by Crippen LogP contribution is 2.27. The molecule has 1 aliphatic heterocycles. The second kappa shape index (κ2) is 10.4. The van der Waals surface area contributed by atoms with Gasteiger partial charge >= 0.3 is 0 Å². The summed E-state index contributed by atoms with van der Waals surface area (Å²) in [6.45, 7) is 3.95. The van der Waals surface area contributed by atoms with Gasteiger partial charge in [-0.3, -0.25) is 9.69 Å². The number of carbonyl (C=O) groups is 1. The summed E-state index contributed by atoms with van der Waals surface area (Å²) in [5, 5.41) is 9.77. The Labute approximate surface area is 166 Å². The second-order valence-corrected chi connectivity index (χ2v) is 6.98. The van der Waals surface area contributed by atoms with Crippen LogP contribution < -0.4 is 5.73 Å². The Morgan fingerprint density at radius 2 is 1.81 bits per heavy atom. The lowest BCUT2D eigenvalue weighted by atomic mass is 10.1. The Hall–Kier alpha value is -0.920. The highest BCUT2D eigenvalue weighted by Gasteiger charge is 2.37. The Bertz CT molecular complexity index is 566. The molecule has 3 atom stereocenters. The first kappa shape index (κ1) is 23.1. The molecule has 5 nitrogen and oxygen atoms in total. The molecule has 148 valence electrons. The summed E-state index contributed by atoms with van der Waals surface area (Å²) in [4.78, 5) is 16.9. The Morgan fingerprint density at radius 3 is 2.42 bits per heavy atom. The van der Waals surface area contributed by atoms with Crippen molar-refractivity contribution < 1.29 is 14.3 Å². The van der Waals surface area contributed by atoms with Gasteiger partial charge in [-0.15, -0.1) is 24.8 Å². The van der Waals surface area contributed by atoms with Crippen LogP contribution in [0.15, 0.2) is 24.3 Å². The van der Waals surface area contributed by atoms with Gasteiger partial charge in [0.2, 0.25) is 5.91 Å². The fourth-order valence-corrected chi connectivity index (χ4v) is 3.71. The quantitative estimate of drug-likeness (QED) is 0.801. The molecule has 0 spiro atoms. The molecule has 3 rings (SSSR count). The highest BCUT2D eigenvalue weighted by atomic mass is 35.5. The third kappa shape index (κ3) is 5.79. The first-order valence-electron chi connectivity index (χ1n) is 8.72. The van der Waals surface area contributed by atoms with Gasteiger partial charge < -0.3 is 15.7 Å². The summed E-state index contributed by atoms with van der Waals surface area (Å²) < 4.78 is 13.0. The molecule has 2 aliphatic rings. The standard InChI is InChI=1S/C18H26FN3O2.2ClH/c19-15-4-2-13(3-5-15)12-21-6-1-7-22(9-8-21)18(24)14-10-16(20)17(23)11-14;;/h2-5,14,16-17,23H,1,6-12,20H2;2*1H/t14-,16+,17+;;/m0../s1.